The molecule has 180 valence electrons. The van der Waals surface area contributed by atoms with Crippen LogP contribution in [0.15, 0.2) is 57.7 Å². The van der Waals surface area contributed by atoms with Gasteiger partial charge in [0.2, 0.25) is 11.8 Å². The normalized spacial score (nSPS) is 11.6. The van der Waals surface area contributed by atoms with Gasteiger partial charge in [0, 0.05) is 30.6 Å². The summed E-state index contributed by atoms with van der Waals surface area (Å²) in [5.41, 5.74) is 1.89. The van der Waals surface area contributed by atoms with E-state index in [1.807, 2.05) is 36.4 Å². The van der Waals surface area contributed by atoms with Crippen molar-refractivity contribution in [3.8, 4) is 5.75 Å². The molecule has 0 aliphatic heterocycles. The van der Waals surface area contributed by atoms with Crippen molar-refractivity contribution in [2.45, 2.75) is 25.8 Å². The molecule has 1 atom stereocenters. The third-order valence-corrected chi connectivity index (χ3v) is 6.05. The van der Waals surface area contributed by atoms with E-state index < -0.39 is 11.7 Å². The number of ether oxygens (including phenoxy) is 1. The summed E-state index contributed by atoms with van der Waals surface area (Å²) < 4.78 is 10.8. The van der Waals surface area contributed by atoms with Crippen LogP contribution < -0.4 is 25.9 Å². The zero-order valence-corrected chi connectivity index (χ0v) is 20.5. The molecule has 0 bridgehead atoms. The van der Waals surface area contributed by atoms with E-state index in [1.54, 1.807) is 43.0 Å². The Hall–Kier alpha value is -3.46. The lowest BCUT2D eigenvalue weighted by Crippen LogP contribution is -2.44. The highest BCUT2D eigenvalue weighted by Gasteiger charge is 2.22. The van der Waals surface area contributed by atoms with Gasteiger partial charge in [-0.15, -0.1) is 0 Å². The highest BCUT2D eigenvalue weighted by molar-refractivity contribution is 7.98. The van der Waals surface area contributed by atoms with Crippen molar-refractivity contribution in [3.05, 3.63) is 59.0 Å². The first kappa shape index (κ1) is 25.2. The number of benzene rings is 2. The van der Waals surface area contributed by atoms with Gasteiger partial charge in [0.25, 0.3) is 0 Å². The Kier molecular flexibility index (Phi) is 8.59. The summed E-state index contributed by atoms with van der Waals surface area (Å²) in [4.78, 5) is 39.0. The van der Waals surface area contributed by atoms with E-state index in [0.717, 1.165) is 16.8 Å². The lowest BCUT2D eigenvalue weighted by Gasteiger charge is -2.23. The van der Waals surface area contributed by atoms with Crippen molar-refractivity contribution in [1.29, 1.82) is 0 Å². The van der Waals surface area contributed by atoms with E-state index in [9.17, 15) is 14.4 Å². The Morgan fingerprint density at radius 1 is 1.18 bits per heavy atom. The predicted octanol–water partition coefficient (Wildman–Crippen LogP) is 4.16. The molecule has 1 heterocycles. The van der Waals surface area contributed by atoms with Crippen molar-refractivity contribution >= 4 is 51.6 Å². The smallest absolute Gasteiger partial charge is 0.338 e. The fourth-order valence-corrected chi connectivity index (χ4v) is 4.01. The molecule has 8 nitrogen and oxygen atoms in total. The van der Waals surface area contributed by atoms with E-state index in [1.165, 1.54) is 13.2 Å². The Labute approximate surface area is 202 Å². The second-order valence-electron chi connectivity index (χ2n) is 7.63. The molecule has 1 aromatic heterocycles. The Balaban J connectivity index is 1.93. The van der Waals surface area contributed by atoms with Crippen LogP contribution in [0.25, 0.3) is 11.0 Å². The first-order chi connectivity index (χ1) is 16.4. The number of rotatable bonds is 10. The average molecular weight is 484 g/mol. The number of amides is 2. The van der Waals surface area contributed by atoms with Crippen LogP contribution in [-0.2, 0) is 9.59 Å². The number of nitrogens with zero attached hydrogens (tertiary/aromatic N) is 1. The van der Waals surface area contributed by atoms with Gasteiger partial charge < -0.3 is 24.7 Å². The maximum absolute atomic E-state index is 13.1. The first-order valence-electron chi connectivity index (χ1n) is 10.9. The van der Waals surface area contributed by atoms with Crippen LogP contribution in [0.5, 0.6) is 5.75 Å². The van der Waals surface area contributed by atoms with E-state index in [4.69, 9.17) is 9.15 Å². The minimum atomic E-state index is -0.659. The Morgan fingerprint density at radius 2 is 1.94 bits per heavy atom. The number of fused-ring (bicyclic) bond motifs is 1. The largest absolute Gasteiger partial charge is 0.495 e. The van der Waals surface area contributed by atoms with Crippen molar-refractivity contribution in [2.24, 2.45) is 0 Å². The fourth-order valence-electron chi connectivity index (χ4n) is 3.53. The molecule has 2 aromatic carbocycles. The van der Waals surface area contributed by atoms with Gasteiger partial charge in [-0.25, -0.2) is 4.79 Å². The Bertz CT molecular complexity index is 1230. The van der Waals surface area contributed by atoms with Crippen LogP contribution in [-0.4, -0.2) is 44.0 Å². The van der Waals surface area contributed by atoms with Gasteiger partial charge in [-0.1, -0.05) is 19.1 Å². The van der Waals surface area contributed by atoms with Crippen LogP contribution >= 0.6 is 11.8 Å². The van der Waals surface area contributed by atoms with Crippen LogP contribution in [0.1, 0.15) is 19.8 Å². The van der Waals surface area contributed by atoms with E-state index >= 15 is 0 Å². The van der Waals surface area contributed by atoms with Crippen LogP contribution in [0.2, 0.25) is 0 Å². The fraction of sp³-hybridized carbons (Fsp3) is 0.320. The quantitative estimate of drug-likeness (QED) is 0.418. The average Bonchev–Trinajstić information content (AvgIpc) is 2.85. The second kappa shape index (κ2) is 11.6. The van der Waals surface area contributed by atoms with Crippen molar-refractivity contribution in [1.82, 2.24) is 5.32 Å². The van der Waals surface area contributed by atoms with E-state index in [0.29, 0.717) is 35.5 Å². The summed E-state index contributed by atoms with van der Waals surface area (Å²) in [5, 5.41) is 6.47. The van der Waals surface area contributed by atoms with Gasteiger partial charge in [0.15, 0.2) is 0 Å². The lowest BCUT2D eigenvalue weighted by atomic mass is 10.1. The van der Waals surface area contributed by atoms with Crippen LogP contribution in [0.4, 0.5) is 17.1 Å². The predicted molar refractivity (Wildman–Crippen MR) is 137 cm³/mol. The summed E-state index contributed by atoms with van der Waals surface area (Å²) in [5.74, 6) is 0.704. The summed E-state index contributed by atoms with van der Waals surface area (Å²) in [6, 6.07) is 13.4. The summed E-state index contributed by atoms with van der Waals surface area (Å²) >= 11 is 1.61. The number of nitrogens with one attached hydrogen (secondary N) is 2. The molecule has 0 spiro atoms. The zero-order valence-electron chi connectivity index (χ0n) is 19.7. The van der Waals surface area contributed by atoms with Crippen molar-refractivity contribution in [3.63, 3.8) is 0 Å². The number of thioether (sulfide) groups is 1. The summed E-state index contributed by atoms with van der Waals surface area (Å²) in [7, 11) is 3.35. The summed E-state index contributed by atoms with van der Waals surface area (Å²) in [6.45, 7) is 1.75. The summed E-state index contributed by atoms with van der Waals surface area (Å²) in [6.07, 6.45) is 2.75. The van der Waals surface area contributed by atoms with Gasteiger partial charge in [0.1, 0.15) is 17.4 Å². The van der Waals surface area contributed by atoms with Crippen LogP contribution in [0.3, 0.4) is 0 Å². The topological polar surface area (TPSA) is 101 Å². The molecule has 1 unspecified atom stereocenters. The second-order valence-corrected chi connectivity index (χ2v) is 8.62. The minimum absolute atomic E-state index is 0.184. The Morgan fingerprint density at radius 3 is 2.65 bits per heavy atom. The van der Waals surface area contributed by atoms with Gasteiger partial charge in [-0.2, -0.15) is 11.8 Å². The van der Waals surface area contributed by atoms with Crippen LogP contribution in [0, 0.1) is 0 Å². The number of carbonyl (C=O) groups excluding carboxylic acids is 2. The van der Waals surface area contributed by atoms with E-state index in [-0.39, 0.29) is 11.8 Å². The highest BCUT2D eigenvalue weighted by Crippen LogP contribution is 2.34. The maximum Gasteiger partial charge on any atom is 0.338 e. The number of hydrogen-bond acceptors (Lipinski definition) is 7. The lowest BCUT2D eigenvalue weighted by molar-refractivity contribution is -0.126. The molecule has 0 aliphatic carbocycles. The number of carbonyl (C=O) groups is 2. The molecule has 0 fully saturated rings. The van der Waals surface area contributed by atoms with E-state index in [2.05, 4.69) is 10.6 Å². The number of anilines is 3. The molecule has 2 N–H and O–H groups in total. The maximum atomic E-state index is 13.1. The first-order valence-corrected chi connectivity index (χ1v) is 12.3. The molecular formula is C25H29N3O5S. The zero-order chi connectivity index (χ0) is 24.7. The molecule has 3 aromatic rings. The molecule has 0 aliphatic rings. The van der Waals surface area contributed by atoms with Gasteiger partial charge in [-0.3, -0.25) is 9.59 Å². The van der Waals surface area contributed by atoms with Crippen molar-refractivity contribution in [2.75, 3.05) is 36.4 Å². The molecular weight excluding hydrogens is 454 g/mol. The standard InChI is InChI=1S/C25H29N3O5S/c1-5-23(29)26-18(12-13-34-4)25(31)27-19-14-16(10-11-22(19)32-3)28(2)20-15-24(30)33-21-9-7-6-8-17(20)21/h6-11,14-15,18H,5,12-13H2,1-4H3,(H,26,29)(H,27,31). The SMILES string of the molecule is CCC(=O)NC(CCSC)C(=O)Nc1cc(N(C)c2cc(=O)oc3ccccc23)ccc1OC. The number of para-hydroxylation sites is 1. The number of methoxy groups -OCH3 is 1. The van der Waals surface area contributed by atoms with Gasteiger partial charge in [0.05, 0.1) is 18.5 Å². The highest BCUT2D eigenvalue weighted by atomic mass is 32.2. The molecule has 9 heteroatoms. The molecule has 0 radical (unpaired) electrons. The third-order valence-electron chi connectivity index (χ3n) is 5.40. The van der Waals surface area contributed by atoms with Gasteiger partial charge in [-0.05, 0) is 48.8 Å². The van der Waals surface area contributed by atoms with Crippen molar-refractivity contribution < 1.29 is 18.7 Å². The van der Waals surface area contributed by atoms with Gasteiger partial charge >= 0.3 is 5.63 Å². The minimum Gasteiger partial charge on any atom is -0.495 e. The molecule has 34 heavy (non-hydrogen) atoms. The third kappa shape index (κ3) is 5.91. The molecule has 0 saturated carbocycles. The number of hydrogen-bond donors (Lipinski definition) is 2. The molecule has 0 saturated heterocycles. The molecule has 3 rings (SSSR count). The monoisotopic (exact) mass is 483 g/mol. The molecule has 2 amide bonds.